The van der Waals surface area contributed by atoms with Gasteiger partial charge in [-0.05, 0) is 43.3 Å². The quantitative estimate of drug-likeness (QED) is 0.858. The highest BCUT2D eigenvalue weighted by Crippen LogP contribution is 2.15. The van der Waals surface area contributed by atoms with Gasteiger partial charge in [-0.2, -0.15) is 0 Å². The van der Waals surface area contributed by atoms with Crippen LogP contribution in [0.5, 0.6) is 5.75 Å². The molecule has 1 fully saturated rings. The number of ether oxygens (including phenoxy) is 1. The minimum Gasteiger partial charge on any atom is -0.497 e. The second-order valence-corrected chi connectivity index (χ2v) is 5.98. The highest BCUT2D eigenvalue weighted by molar-refractivity contribution is 5.95. The molecule has 0 spiro atoms. The number of piperazine rings is 1. The van der Waals surface area contributed by atoms with Gasteiger partial charge in [0.1, 0.15) is 11.4 Å². The lowest BCUT2D eigenvalue weighted by Gasteiger charge is -2.34. The van der Waals surface area contributed by atoms with Crippen molar-refractivity contribution in [2.45, 2.75) is 6.92 Å². The van der Waals surface area contributed by atoms with Gasteiger partial charge in [0.15, 0.2) is 0 Å². The van der Waals surface area contributed by atoms with Crippen molar-refractivity contribution in [1.82, 2.24) is 14.8 Å². The normalized spacial score (nSPS) is 14.3. The minimum atomic E-state index is -0.0831. The van der Waals surface area contributed by atoms with Crippen LogP contribution in [0.25, 0.3) is 0 Å². The molecule has 2 heterocycles. The zero-order valence-corrected chi connectivity index (χ0v) is 14.4. The number of aromatic nitrogens is 1. The van der Waals surface area contributed by atoms with Gasteiger partial charge in [-0.25, -0.2) is 4.98 Å². The van der Waals surface area contributed by atoms with Gasteiger partial charge < -0.3 is 14.5 Å². The molecule has 0 bridgehead atoms. The molecule has 0 saturated carbocycles. The zero-order chi connectivity index (χ0) is 17.8. The Morgan fingerprint density at radius 2 is 1.52 bits per heavy atom. The summed E-state index contributed by atoms with van der Waals surface area (Å²) in [6.45, 7) is 3.92. The average molecular weight is 339 g/mol. The number of amides is 2. The van der Waals surface area contributed by atoms with E-state index in [0.717, 1.165) is 11.4 Å². The molecule has 0 unspecified atom stereocenters. The van der Waals surface area contributed by atoms with Crippen LogP contribution in [0.1, 0.15) is 26.5 Å². The molecule has 3 rings (SSSR count). The third-order valence-corrected chi connectivity index (χ3v) is 4.30. The molecule has 6 heteroatoms. The van der Waals surface area contributed by atoms with Gasteiger partial charge in [-0.15, -0.1) is 0 Å². The van der Waals surface area contributed by atoms with Gasteiger partial charge in [0.2, 0.25) is 0 Å². The summed E-state index contributed by atoms with van der Waals surface area (Å²) in [5.74, 6) is 0.612. The number of hydrogen-bond acceptors (Lipinski definition) is 4. The molecule has 2 amide bonds. The predicted molar refractivity (Wildman–Crippen MR) is 93.8 cm³/mol. The largest absolute Gasteiger partial charge is 0.497 e. The summed E-state index contributed by atoms with van der Waals surface area (Å²) >= 11 is 0. The average Bonchev–Trinajstić information content (AvgIpc) is 2.67. The molecule has 130 valence electrons. The monoisotopic (exact) mass is 339 g/mol. The molecule has 1 saturated heterocycles. The number of benzene rings is 1. The van der Waals surface area contributed by atoms with Gasteiger partial charge in [0.05, 0.1) is 7.11 Å². The first-order chi connectivity index (χ1) is 12.1. The fourth-order valence-corrected chi connectivity index (χ4v) is 2.85. The van der Waals surface area contributed by atoms with Crippen molar-refractivity contribution < 1.29 is 14.3 Å². The molecule has 1 aromatic heterocycles. The number of aryl methyl sites for hydroxylation is 1. The van der Waals surface area contributed by atoms with Crippen LogP contribution in [-0.2, 0) is 0 Å². The zero-order valence-electron chi connectivity index (χ0n) is 14.4. The lowest BCUT2D eigenvalue weighted by atomic mass is 10.1. The van der Waals surface area contributed by atoms with Crippen LogP contribution in [0.2, 0.25) is 0 Å². The van der Waals surface area contributed by atoms with Crippen molar-refractivity contribution in [2.75, 3.05) is 33.3 Å². The van der Waals surface area contributed by atoms with Crippen LogP contribution in [0.3, 0.4) is 0 Å². The number of methoxy groups -OCH3 is 1. The van der Waals surface area contributed by atoms with Crippen LogP contribution >= 0.6 is 0 Å². The molecule has 1 aliphatic heterocycles. The second-order valence-electron chi connectivity index (χ2n) is 5.98. The Hall–Kier alpha value is -2.89. The number of pyridine rings is 1. The van der Waals surface area contributed by atoms with Crippen molar-refractivity contribution in [3.8, 4) is 5.75 Å². The number of carbonyl (C=O) groups excluding carboxylic acids is 2. The van der Waals surface area contributed by atoms with E-state index >= 15 is 0 Å². The molecule has 6 nitrogen and oxygen atoms in total. The maximum Gasteiger partial charge on any atom is 0.272 e. The predicted octanol–water partition coefficient (Wildman–Crippen LogP) is 2.00. The summed E-state index contributed by atoms with van der Waals surface area (Å²) in [4.78, 5) is 32.9. The summed E-state index contributed by atoms with van der Waals surface area (Å²) < 4.78 is 5.11. The molecule has 1 aliphatic rings. The third-order valence-electron chi connectivity index (χ3n) is 4.30. The van der Waals surface area contributed by atoms with Crippen molar-refractivity contribution in [1.29, 1.82) is 0 Å². The first-order valence-corrected chi connectivity index (χ1v) is 8.25. The van der Waals surface area contributed by atoms with Gasteiger partial charge in [-0.3, -0.25) is 9.59 Å². The maximum atomic E-state index is 12.6. The molecule has 0 radical (unpaired) electrons. The smallest absolute Gasteiger partial charge is 0.272 e. The first kappa shape index (κ1) is 17.0. The third kappa shape index (κ3) is 3.79. The first-order valence-electron chi connectivity index (χ1n) is 8.25. The Morgan fingerprint density at radius 3 is 2.08 bits per heavy atom. The second kappa shape index (κ2) is 7.34. The summed E-state index contributed by atoms with van der Waals surface area (Å²) in [5, 5.41) is 0. The summed E-state index contributed by atoms with van der Waals surface area (Å²) in [6, 6.07) is 12.5. The number of rotatable bonds is 3. The summed E-state index contributed by atoms with van der Waals surface area (Å²) in [5.41, 5.74) is 1.90. The van der Waals surface area contributed by atoms with Crippen LogP contribution < -0.4 is 4.74 Å². The molecule has 0 aliphatic carbocycles. The Labute approximate surface area is 147 Å². The Balaban J connectivity index is 1.61. The van der Waals surface area contributed by atoms with E-state index < -0.39 is 0 Å². The fraction of sp³-hybridized carbons (Fsp3) is 0.316. The van der Waals surface area contributed by atoms with Crippen molar-refractivity contribution in [3.63, 3.8) is 0 Å². The van der Waals surface area contributed by atoms with E-state index in [0.29, 0.717) is 37.4 Å². The van der Waals surface area contributed by atoms with E-state index in [4.69, 9.17) is 4.74 Å². The van der Waals surface area contributed by atoms with Crippen molar-refractivity contribution in [2.24, 2.45) is 0 Å². The highest BCUT2D eigenvalue weighted by Gasteiger charge is 2.26. The van der Waals surface area contributed by atoms with E-state index in [1.807, 2.05) is 19.1 Å². The number of nitrogens with zero attached hydrogens (tertiary/aromatic N) is 3. The van der Waals surface area contributed by atoms with Crippen LogP contribution in [0.4, 0.5) is 0 Å². The highest BCUT2D eigenvalue weighted by atomic mass is 16.5. The molecule has 2 aromatic rings. The van der Waals surface area contributed by atoms with Gasteiger partial charge >= 0.3 is 0 Å². The van der Waals surface area contributed by atoms with Crippen molar-refractivity contribution >= 4 is 11.8 Å². The van der Waals surface area contributed by atoms with Gasteiger partial charge in [0.25, 0.3) is 11.8 Å². The lowest BCUT2D eigenvalue weighted by Crippen LogP contribution is -2.50. The molecule has 0 N–H and O–H groups in total. The Morgan fingerprint density at radius 1 is 0.920 bits per heavy atom. The van der Waals surface area contributed by atoms with Gasteiger partial charge in [0, 0.05) is 37.4 Å². The topological polar surface area (TPSA) is 62.7 Å². The molecule has 25 heavy (non-hydrogen) atoms. The molecular formula is C19H21N3O3. The Bertz CT molecular complexity index is 766. The SMILES string of the molecule is COc1ccc(C(=O)N2CCN(C(=O)c3cccc(C)n3)CC2)cc1. The summed E-state index contributed by atoms with van der Waals surface area (Å²) in [7, 11) is 1.59. The van der Waals surface area contributed by atoms with E-state index in [2.05, 4.69) is 4.98 Å². The molecular weight excluding hydrogens is 318 g/mol. The standard InChI is InChI=1S/C19H21N3O3/c1-14-4-3-5-17(20-14)19(24)22-12-10-21(11-13-22)18(23)15-6-8-16(25-2)9-7-15/h3-9H,10-13H2,1-2H3. The maximum absolute atomic E-state index is 12.6. The van der Waals surface area contributed by atoms with Crippen molar-refractivity contribution in [3.05, 3.63) is 59.4 Å². The van der Waals surface area contributed by atoms with E-state index in [1.54, 1.807) is 47.2 Å². The lowest BCUT2D eigenvalue weighted by molar-refractivity contribution is 0.0532. The van der Waals surface area contributed by atoms with Crippen LogP contribution in [0, 0.1) is 6.92 Å². The molecule has 1 aromatic carbocycles. The van der Waals surface area contributed by atoms with Crippen LogP contribution in [0.15, 0.2) is 42.5 Å². The van der Waals surface area contributed by atoms with E-state index in [-0.39, 0.29) is 11.8 Å². The number of hydrogen-bond donors (Lipinski definition) is 0. The fourth-order valence-electron chi connectivity index (χ4n) is 2.85. The van der Waals surface area contributed by atoms with Crippen LogP contribution in [-0.4, -0.2) is 59.9 Å². The van der Waals surface area contributed by atoms with Gasteiger partial charge in [-0.1, -0.05) is 6.07 Å². The summed E-state index contributed by atoms with van der Waals surface area (Å²) in [6.07, 6.45) is 0. The van der Waals surface area contributed by atoms with E-state index in [9.17, 15) is 9.59 Å². The minimum absolute atomic E-state index is 0.0246. The Kier molecular flexibility index (Phi) is 4.97. The number of carbonyl (C=O) groups is 2. The molecule has 0 atom stereocenters. The van der Waals surface area contributed by atoms with E-state index in [1.165, 1.54) is 0 Å².